The van der Waals surface area contributed by atoms with Crippen molar-refractivity contribution in [3.8, 4) is 0 Å². The molecule has 2 amide bonds. The van der Waals surface area contributed by atoms with Crippen molar-refractivity contribution in [3.05, 3.63) is 29.8 Å². The molecule has 162 valence electrons. The SMILES string of the molecule is Cc1cccc(S(=O)(=O)N2CCCC(CNC(=O)NC3CCCCCCC3)C2)c1. The Balaban J connectivity index is 1.49. The predicted molar refractivity (Wildman–Crippen MR) is 115 cm³/mol. The molecule has 0 bridgehead atoms. The van der Waals surface area contributed by atoms with Crippen molar-refractivity contribution < 1.29 is 13.2 Å². The van der Waals surface area contributed by atoms with Crippen LogP contribution in [0, 0.1) is 12.8 Å². The second kappa shape index (κ2) is 10.4. The summed E-state index contributed by atoms with van der Waals surface area (Å²) in [4.78, 5) is 12.7. The van der Waals surface area contributed by atoms with Crippen LogP contribution in [-0.4, -0.2) is 44.4 Å². The van der Waals surface area contributed by atoms with Crippen molar-refractivity contribution in [2.45, 2.75) is 75.6 Å². The number of hydrogen-bond donors (Lipinski definition) is 2. The minimum Gasteiger partial charge on any atom is -0.338 e. The molecular weight excluding hydrogens is 386 g/mol. The zero-order valence-electron chi connectivity index (χ0n) is 17.5. The van der Waals surface area contributed by atoms with Gasteiger partial charge in [-0.2, -0.15) is 4.31 Å². The molecule has 29 heavy (non-hydrogen) atoms. The quantitative estimate of drug-likeness (QED) is 0.759. The lowest BCUT2D eigenvalue weighted by molar-refractivity contribution is 0.224. The fourth-order valence-electron chi connectivity index (χ4n) is 4.41. The lowest BCUT2D eigenvalue weighted by Gasteiger charge is -2.32. The average Bonchev–Trinajstić information content (AvgIpc) is 2.68. The number of aryl methyl sites for hydroxylation is 1. The highest BCUT2D eigenvalue weighted by molar-refractivity contribution is 7.89. The van der Waals surface area contributed by atoms with Crippen LogP contribution in [-0.2, 0) is 10.0 Å². The van der Waals surface area contributed by atoms with E-state index in [-0.39, 0.29) is 18.0 Å². The van der Waals surface area contributed by atoms with Crippen LogP contribution < -0.4 is 10.6 Å². The van der Waals surface area contributed by atoms with Gasteiger partial charge in [-0.1, -0.05) is 44.2 Å². The number of piperidine rings is 1. The van der Waals surface area contributed by atoms with Crippen molar-refractivity contribution in [2.24, 2.45) is 5.92 Å². The third-order valence-corrected chi connectivity index (χ3v) is 7.96. The molecule has 0 aromatic heterocycles. The first-order chi connectivity index (χ1) is 13.9. The highest BCUT2D eigenvalue weighted by Gasteiger charge is 2.30. The van der Waals surface area contributed by atoms with Gasteiger partial charge in [0.1, 0.15) is 0 Å². The van der Waals surface area contributed by atoms with E-state index in [4.69, 9.17) is 0 Å². The van der Waals surface area contributed by atoms with Gasteiger partial charge >= 0.3 is 6.03 Å². The lowest BCUT2D eigenvalue weighted by Crippen LogP contribution is -2.47. The molecular formula is C22H35N3O3S. The van der Waals surface area contributed by atoms with Crippen LogP contribution in [0.25, 0.3) is 0 Å². The van der Waals surface area contributed by atoms with Gasteiger partial charge in [-0.25, -0.2) is 13.2 Å². The molecule has 2 N–H and O–H groups in total. The van der Waals surface area contributed by atoms with E-state index in [1.807, 2.05) is 13.0 Å². The second-order valence-corrected chi connectivity index (χ2v) is 10.5. The van der Waals surface area contributed by atoms with Crippen molar-refractivity contribution in [2.75, 3.05) is 19.6 Å². The Morgan fingerprint density at radius 1 is 1.07 bits per heavy atom. The molecule has 1 saturated heterocycles. The van der Waals surface area contributed by atoms with Gasteiger partial charge in [-0.3, -0.25) is 0 Å². The summed E-state index contributed by atoms with van der Waals surface area (Å²) in [7, 11) is -3.48. The lowest BCUT2D eigenvalue weighted by atomic mass is 9.97. The summed E-state index contributed by atoms with van der Waals surface area (Å²) in [5, 5.41) is 6.10. The van der Waals surface area contributed by atoms with E-state index in [1.165, 1.54) is 32.1 Å². The molecule has 1 aliphatic heterocycles. The topological polar surface area (TPSA) is 78.5 Å². The summed E-state index contributed by atoms with van der Waals surface area (Å²) in [5.41, 5.74) is 0.937. The third-order valence-electron chi connectivity index (χ3n) is 6.10. The molecule has 1 saturated carbocycles. The van der Waals surface area contributed by atoms with Crippen LogP contribution in [0.15, 0.2) is 29.2 Å². The van der Waals surface area contributed by atoms with Gasteiger partial charge in [0.2, 0.25) is 10.0 Å². The van der Waals surface area contributed by atoms with Crippen LogP contribution in [0.3, 0.4) is 0 Å². The first kappa shape index (κ1) is 22.1. The standard InChI is InChI=1S/C22H35N3O3S/c1-18-9-7-13-21(15-18)29(27,28)25-14-8-10-19(17-25)16-23-22(26)24-20-11-5-3-2-4-6-12-20/h7,9,13,15,19-20H,2-6,8,10-12,14,16-17H2,1H3,(H2,23,24,26). The molecule has 1 aromatic rings. The molecule has 1 unspecified atom stereocenters. The van der Waals surface area contributed by atoms with E-state index in [2.05, 4.69) is 10.6 Å². The zero-order chi connectivity index (χ0) is 20.7. The van der Waals surface area contributed by atoms with E-state index in [9.17, 15) is 13.2 Å². The van der Waals surface area contributed by atoms with Gasteiger partial charge in [-0.05, 0) is 56.2 Å². The maximum atomic E-state index is 13.0. The highest BCUT2D eigenvalue weighted by Crippen LogP contribution is 2.24. The number of benzene rings is 1. The van der Waals surface area contributed by atoms with Crippen molar-refractivity contribution in [1.82, 2.24) is 14.9 Å². The zero-order valence-corrected chi connectivity index (χ0v) is 18.3. The van der Waals surface area contributed by atoms with Crippen LogP contribution in [0.4, 0.5) is 4.79 Å². The normalized spacial score (nSPS) is 22.4. The van der Waals surface area contributed by atoms with Crippen molar-refractivity contribution in [3.63, 3.8) is 0 Å². The number of amides is 2. The van der Waals surface area contributed by atoms with Gasteiger partial charge in [0.05, 0.1) is 4.90 Å². The smallest absolute Gasteiger partial charge is 0.315 e. The van der Waals surface area contributed by atoms with E-state index >= 15 is 0 Å². The van der Waals surface area contributed by atoms with Crippen LogP contribution in [0.5, 0.6) is 0 Å². The molecule has 2 fully saturated rings. The second-order valence-electron chi connectivity index (χ2n) is 8.58. The number of urea groups is 1. The fourth-order valence-corrected chi connectivity index (χ4v) is 6.07. The molecule has 0 spiro atoms. The van der Waals surface area contributed by atoms with Gasteiger partial charge < -0.3 is 10.6 Å². The number of nitrogens with zero attached hydrogens (tertiary/aromatic N) is 1. The molecule has 2 aliphatic rings. The Bertz CT molecular complexity index is 773. The Morgan fingerprint density at radius 2 is 1.79 bits per heavy atom. The maximum absolute atomic E-state index is 13.0. The van der Waals surface area contributed by atoms with Crippen molar-refractivity contribution in [1.29, 1.82) is 0 Å². The Morgan fingerprint density at radius 3 is 2.52 bits per heavy atom. The minimum atomic E-state index is -3.48. The number of hydrogen-bond acceptors (Lipinski definition) is 3. The molecule has 1 aliphatic carbocycles. The minimum absolute atomic E-state index is 0.116. The van der Waals surface area contributed by atoms with Gasteiger partial charge in [0.25, 0.3) is 0 Å². The Labute approximate surface area is 175 Å². The number of nitrogens with one attached hydrogen (secondary N) is 2. The average molecular weight is 422 g/mol. The maximum Gasteiger partial charge on any atom is 0.315 e. The number of carbonyl (C=O) groups excluding carboxylic acids is 1. The summed E-state index contributed by atoms with van der Waals surface area (Å²) in [6, 6.07) is 7.21. The molecule has 0 radical (unpaired) electrons. The molecule has 3 rings (SSSR count). The summed E-state index contributed by atoms with van der Waals surface area (Å²) in [5.74, 6) is 0.145. The summed E-state index contributed by atoms with van der Waals surface area (Å²) < 4.78 is 27.5. The number of rotatable bonds is 5. The Kier molecular flexibility index (Phi) is 7.95. The van der Waals surface area contributed by atoms with E-state index in [1.54, 1.807) is 22.5 Å². The summed E-state index contributed by atoms with van der Waals surface area (Å²) in [6.45, 7) is 3.41. The molecule has 1 atom stereocenters. The van der Waals surface area contributed by atoms with Gasteiger partial charge in [0, 0.05) is 25.7 Å². The summed E-state index contributed by atoms with van der Waals surface area (Å²) in [6.07, 6.45) is 10.0. The predicted octanol–water partition coefficient (Wildman–Crippen LogP) is 3.81. The highest BCUT2D eigenvalue weighted by atomic mass is 32.2. The van der Waals surface area contributed by atoms with Gasteiger partial charge in [-0.15, -0.1) is 0 Å². The molecule has 1 heterocycles. The van der Waals surface area contributed by atoms with E-state index < -0.39 is 10.0 Å². The molecule has 1 aromatic carbocycles. The first-order valence-electron chi connectivity index (χ1n) is 11.1. The monoisotopic (exact) mass is 421 g/mol. The Hall–Kier alpha value is -1.60. The first-order valence-corrected chi connectivity index (χ1v) is 12.5. The van der Waals surface area contributed by atoms with E-state index in [0.29, 0.717) is 24.5 Å². The number of sulfonamides is 1. The molecule has 6 nitrogen and oxygen atoms in total. The van der Waals surface area contributed by atoms with Crippen LogP contribution in [0.1, 0.15) is 63.4 Å². The van der Waals surface area contributed by atoms with Crippen LogP contribution >= 0.6 is 0 Å². The summed E-state index contributed by atoms with van der Waals surface area (Å²) >= 11 is 0. The largest absolute Gasteiger partial charge is 0.338 e. The van der Waals surface area contributed by atoms with Gasteiger partial charge in [0.15, 0.2) is 0 Å². The fraction of sp³-hybridized carbons (Fsp3) is 0.682. The van der Waals surface area contributed by atoms with Crippen LogP contribution in [0.2, 0.25) is 0 Å². The van der Waals surface area contributed by atoms with Crippen molar-refractivity contribution >= 4 is 16.1 Å². The molecule has 7 heteroatoms. The van der Waals surface area contributed by atoms with E-state index in [0.717, 1.165) is 31.2 Å². The number of carbonyl (C=O) groups is 1. The third kappa shape index (κ3) is 6.44.